The number of nitrogens with one attached hydrogen (secondary N) is 2. The van der Waals surface area contributed by atoms with E-state index in [0.29, 0.717) is 28.7 Å². The van der Waals surface area contributed by atoms with Crippen molar-refractivity contribution in [2.75, 3.05) is 11.9 Å². The third-order valence-corrected chi connectivity index (χ3v) is 6.19. The fraction of sp³-hybridized carbons (Fsp3) is 0.333. The van der Waals surface area contributed by atoms with E-state index in [4.69, 9.17) is 0 Å². The number of carbonyl (C=O) groups is 2. The molecule has 0 spiro atoms. The summed E-state index contributed by atoms with van der Waals surface area (Å²) < 4.78 is 2.70. The minimum atomic E-state index is -0.386. The van der Waals surface area contributed by atoms with E-state index >= 15 is 0 Å². The summed E-state index contributed by atoms with van der Waals surface area (Å²) in [6, 6.07) is 10.4. The van der Waals surface area contributed by atoms with E-state index in [2.05, 4.69) is 31.5 Å². The van der Waals surface area contributed by atoms with Crippen LogP contribution in [0.2, 0.25) is 0 Å². The van der Waals surface area contributed by atoms with Gasteiger partial charge in [0.25, 0.3) is 11.5 Å². The molecule has 2 heterocycles. The van der Waals surface area contributed by atoms with Gasteiger partial charge in [-0.05, 0) is 61.7 Å². The van der Waals surface area contributed by atoms with E-state index in [1.807, 2.05) is 19.1 Å². The molecule has 0 aliphatic carbocycles. The third-order valence-electron chi connectivity index (χ3n) is 5.70. The standard InChI is InChI=1S/C24H25BrN4O3/c1-15-12-17(25)8-10-19(15)28-22(30)14-26-23(31)16-7-9-18-20(13-16)27-21-6-4-2-3-5-11-29(21)24(18)32/h7-10,12-13H,2-6,11,14H2,1H3,(H,26,31)(H,28,30). The summed E-state index contributed by atoms with van der Waals surface area (Å²) in [7, 11) is 0. The van der Waals surface area contributed by atoms with E-state index < -0.39 is 0 Å². The molecule has 4 rings (SSSR count). The SMILES string of the molecule is Cc1cc(Br)ccc1NC(=O)CNC(=O)c1ccc2c(=O)n3c(nc2c1)CCCCCC3. The van der Waals surface area contributed by atoms with Crippen LogP contribution in [0, 0.1) is 6.92 Å². The first-order chi connectivity index (χ1) is 15.4. The highest BCUT2D eigenvalue weighted by Gasteiger charge is 2.15. The lowest BCUT2D eigenvalue weighted by molar-refractivity contribution is -0.115. The second-order valence-corrected chi connectivity index (χ2v) is 8.99. The van der Waals surface area contributed by atoms with Crippen molar-refractivity contribution in [2.24, 2.45) is 0 Å². The number of hydrogen-bond acceptors (Lipinski definition) is 4. The summed E-state index contributed by atoms with van der Waals surface area (Å²) in [5.41, 5.74) is 2.44. The Kier molecular flexibility index (Phi) is 6.69. The summed E-state index contributed by atoms with van der Waals surface area (Å²) in [6.45, 7) is 2.42. The molecule has 0 radical (unpaired) electrons. The number of carbonyl (C=O) groups excluding carboxylic acids is 2. The number of fused-ring (bicyclic) bond motifs is 2. The lowest BCUT2D eigenvalue weighted by Crippen LogP contribution is -2.33. The molecule has 7 nitrogen and oxygen atoms in total. The van der Waals surface area contributed by atoms with Gasteiger partial charge in [0.05, 0.1) is 17.4 Å². The maximum atomic E-state index is 12.9. The number of aryl methyl sites for hydroxylation is 2. The Morgan fingerprint density at radius 2 is 1.91 bits per heavy atom. The highest BCUT2D eigenvalue weighted by molar-refractivity contribution is 9.10. The maximum Gasteiger partial charge on any atom is 0.261 e. The normalized spacial score (nSPS) is 13.7. The first-order valence-corrected chi connectivity index (χ1v) is 11.6. The van der Waals surface area contributed by atoms with Gasteiger partial charge in [0.2, 0.25) is 5.91 Å². The zero-order chi connectivity index (χ0) is 22.7. The van der Waals surface area contributed by atoms with Crippen molar-refractivity contribution in [1.29, 1.82) is 0 Å². The van der Waals surface area contributed by atoms with Gasteiger partial charge >= 0.3 is 0 Å². The summed E-state index contributed by atoms with van der Waals surface area (Å²) in [6.07, 6.45) is 5.00. The highest BCUT2D eigenvalue weighted by Crippen LogP contribution is 2.20. The Hall–Kier alpha value is -3.00. The monoisotopic (exact) mass is 496 g/mol. The number of amides is 2. The third kappa shape index (κ3) is 4.91. The lowest BCUT2D eigenvalue weighted by atomic mass is 10.1. The van der Waals surface area contributed by atoms with Gasteiger partial charge in [-0.2, -0.15) is 0 Å². The van der Waals surface area contributed by atoms with Gasteiger partial charge in [0.15, 0.2) is 0 Å². The summed E-state index contributed by atoms with van der Waals surface area (Å²) in [5, 5.41) is 5.94. The summed E-state index contributed by atoms with van der Waals surface area (Å²) >= 11 is 3.39. The second-order valence-electron chi connectivity index (χ2n) is 8.07. The second kappa shape index (κ2) is 9.65. The largest absolute Gasteiger partial charge is 0.343 e. The molecule has 2 N–H and O–H groups in total. The predicted octanol–water partition coefficient (Wildman–Crippen LogP) is 3.95. The van der Waals surface area contributed by atoms with Gasteiger partial charge in [-0.25, -0.2) is 4.98 Å². The van der Waals surface area contributed by atoms with Gasteiger partial charge in [0.1, 0.15) is 5.82 Å². The van der Waals surface area contributed by atoms with Crippen LogP contribution in [-0.2, 0) is 17.8 Å². The minimum absolute atomic E-state index is 0.0527. The van der Waals surface area contributed by atoms with Crippen LogP contribution in [0.5, 0.6) is 0 Å². The van der Waals surface area contributed by atoms with E-state index in [1.54, 1.807) is 28.8 Å². The zero-order valence-corrected chi connectivity index (χ0v) is 19.5. The molecule has 8 heteroatoms. The van der Waals surface area contributed by atoms with Crippen LogP contribution in [-0.4, -0.2) is 27.9 Å². The van der Waals surface area contributed by atoms with Crippen molar-refractivity contribution in [3.8, 4) is 0 Å². The van der Waals surface area contributed by atoms with Gasteiger partial charge in [-0.1, -0.05) is 28.8 Å². The average Bonchev–Trinajstić information content (AvgIpc) is 2.75. The number of benzene rings is 2. The molecule has 0 fully saturated rings. The number of halogens is 1. The molecule has 3 aromatic rings. The van der Waals surface area contributed by atoms with Gasteiger partial charge in [0, 0.05) is 28.7 Å². The molecule has 0 bridgehead atoms. The maximum absolute atomic E-state index is 12.9. The van der Waals surface area contributed by atoms with E-state index in [9.17, 15) is 14.4 Å². The van der Waals surface area contributed by atoms with Crippen LogP contribution < -0.4 is 16.2 Å². The predicted molar refractivity (Wildman–Crippen MR) is 128 cm³/mol. The number of hydrogen-bond donors (Lipinski definition) is 2. The Morgan fingerprint density at radius 1 is 1.09 bits per heavy atom. The number of nitrogens with zero attached hydrogens (tertiary/aromatic N) is 2. The molecule has 0 saturated carbocycles. The molecule has 2 amide bonds. The molecule has 0 unspecified atom stereocenters. The van der Waals surface area contributed by atoms with Gasteiger partial charge in [-0.3, -0.25) is 19.0 Å². The Morgan fingerprint density at radius 3 is 2.72 bits per heavy atom. The Labute approximate surface area is 194 Å². The molecule has 2 aromatic carbocycles. The molecule has 0 saturated heterocycles. The number of anilines is 1. The fourth-order valence-electron chi connectivity index (χ4n) is 3.96. The van der Waals surface area contributed by atoms with Crippen LogP contribution in [0.25, 0.3) is 10.9 Å². The number of aromatic nitrogens is 2. The van der Waals surface area contributed by atoms with Gasteiger partial charge in [-0.15, -0.1) is 0 Å². The van der Waals surface area contributed by atoms with E-state index in [0.717, 1.165) is 48.0 Å². The molecular weight excluding hydrogens is 472 g/mol. The minimum Gasteiger partial charge on any atom is -0.343 e. The van der Waals surface area contributed by atoms with Crippen LogP contribution in [0.1, 0.15) is 47.4 Å². The summed E-state index contributed by atoms with van der Waals surface area (Å²) in [4.78, 5) is 42.5. The topological polar surface area (TPSA) is 93.1 Å². The van der Waals surface area contributed by atoms with Crippen LogP contribution in [0.3, 0.4) is 0 Å². The van der Waals surface area contributed by atoms with Crippen LogP contribution in [0.4, 0.5) is 5.69 Å². The number of rotatable bonds is 4. The van der Waals surface area contributed by atoms with E-state index in [-0.39, 0.29) is 23.9 Å². The zero-order valence-electron chi connectivity index (χ0n) is 17.9. The van der Waals surface area contributed by atoms with Crippen molar-refractivity contribution in [3.63, 3.8) is 0 Å². The van der Waals surface area contributed by atoms with Crippen molar-refractivity contribution in [2.45, 2.75) is 45.6 Å². The molecule has 1 aliphatic heterocycles. The lowest BCUT2D eigenvalue weighted by Gasteiger charge is -2.16. The van der Waals surface area contributed by atoms with Crippen molar-refractivity contribution < 1.29 is 9.59 Å². The molecule has 32 heavy (non-hydrogen) atoms. The van der Waals surface area contributed by atoms with Gasteiger partial charge < -0.3 is 10.6 Å². The quantitative estimate of drug-likeness (QED) is 0.571. The van der Waals surface area contributed by atoms with Crippen LogP contribution in [0.15, 0.2) is 45.7 Å². The molecule has 166 valence electrons. The Balaban J connectivity index is 1.48. The molecule has 1 aromatic heterocycles. The molecule has 1 aliphatic rings. The Bertz CT molecular complexity index is 1250. The smallest absolute Gasteiger partial charge is 0.261 e. The first-order valence-electron chi connectivity index (χ1n) is 10.8. The fourth-order valence-corrected chi connectivity index (χ4v) is 4.44. The van der Waals surface area contributed by atoms with Crippen molar-refractivity contribution >= 4 is 44.3 Å². The highest BCUT2D eigenvalue weighted by atomic mass is 79.9. The van der Waals surface area contributed by atoms with Crippen molar-refractivity contribution in [1.82, 2.24) is 14.9 Å². The average molecular weight is 497 g/mol. The molecular formula is C24H25BrN4O3. The van der Waals surface area contributed by atoms with E-state index in [1.165, 1.54) is 0 Å². The first kappa shape index (κ1) is 22.2. The van der Waals surface area contributed by atoms with Crippen LogP contribution >= 0.6 is 15.9 Å². The summed E-state index contributed by atoms with van der Waals surface area (Å²) in [5.74, 6) is 0.0783. The van der Waals surface area contributed by atoms with Crippen molar-refractivity contribution in [3.05, 3.63) is 68.2 Å². The molecule has 0 atom stereocenters.